The van der Waals surface area contributed by atoms with Crippen molar-refractivity contribution in [1.82, 2.24) is 9.80 Å². The average molecular weight is 335 g/mol. The van der Waals surface area contributed by atoms with Crippen LogP contribution < -0.4 is 0 Å². The Hall–Kier alpha value is -0.570. The van der Waals surface area contributed by atoms with E-state index in [1.165, 1.54) is 19.3 Å². The summed E-state index contributed by atoms with van der Waals surface area (Å²) in [5.74, 6) is 0.485. The number of nitrogens with zero attached hydrogens (tertiary/aromatic N) is 2. The number of fused-ring (bicyclic) bond motifs is 3. The maximum absolute atomic E-state index is 13.3. The highest BCUT2D eigenvalue weighted by Crippen LogP contribution is 2.63. The van der Waals surface area contributed by atoms with Gasteiger partial charge in [0.2, 0.25) is 5.91 Å². The van der Waals surface area contributed by atoms with Gasteiger partial charge in [0.15, 0.2) is 0 Å². The number of carbonyl (C=O) groups is 1. The molecule has 2 bridgehead atoms. The second-order valence-corrected chi connectivity index (χ2v) is 10.8. The maximum Gasteiger partial charge on any atom is 0.228 e. The molecule has 138 valence electrons. The van der Waals surface area contributed by atoms with Crippen LogP contribution in [0.4, 0.5) is 0 Å². The first-order chi connectivity index (χ1) is 11.0. The first-order valence-corrected chi connectivity index (χ1v) is 10.0. The van der Waals surface area contributed by atoms with Crippen molar-refractivity contribution in [3.05, 3.63) is 0 Å². The van der Waals surface area contributed by atoms with E-state index in [1.54, 1.807) is 0 Å². The Bertz CT molecular complexity index is 464. The summed E-state index contributed by atoms with van der Waals surface area (Å²) in [4.78, 5) is 18.1. The summed E-state index contributed by atoms with van der Waals surface area (Å²) >= 11 is 0. The molecule has 0 atom stereocenters. The van der Waals surface area contributed by atoms with E-state index in [4.69, 9.17) is 0 Å². The highest BCUT2D eigenvalue weighted by Gasteiger charge is 2.56. The summed E-state index contributed by atoms with van der Waals surface area (Å²) in [6.45, 7) is 17.9. The third-order valence-electron chi connectivity index (χ3n) is 7.81. The molecule has 1 saturated heterocycles. The van der Waals surface area contributed by atoms with Crippen molar-refractivity contribution >= 4 is 5.91 Å². The Morgan fingerprint density at radius 2 is 1.21 bits per heavy atom. The fourth-order valence-corrected chi connectivity index (χ4v) is 5.55. The third kappa shape index (κ3) is 2.91. The van der Waals surface area contributed by atoms with Gasteiger partial charge in [-0.2, -0.15) is 0 Å². The Labute approximate surface area is 149 Å². The Balaban J connectivity index is 1.64. The van der Waals surface area contributed by atoms with Gasteiger partial charge < -0.3 is 4.90 Å². The number of amides is 1. The van der Waals surface area contributed by atoms with Crippen molar-refractivity contribution in [3.8, 4) is 0 Å². The molecule has 0 spiro atoms. The molecule has 3 saturated carbocycles. The van der Waals surface area contributed by atoms with Crippen LogP contribution in [0.1, 0.15) is 80.1 Å². The van der Waals surface area contributed by atoms with Gasteiger partial charge in [0.25, 0.3) is 0 Å². The van der Waals surface area contributed by atoms with Crippen molar-refractivity contribution in [2.75, 3.05) is 26.2 Å². The van der Waals surface area contributed by atoms with Crippen molar-refractivity contribution in [3.63, 3.8) is 0 Å². The quantitative estimate of drug-likeness (QED) is 0.713. The molecule has 3 nitrogen and oxygen atoms in total. The molecule has 0 aromatic carbocycles. The molecular weight excluding hydrogens is 296 g/mol. The van der Waals surface area contributed by atoms with Crippen LogP contribution in [0, 0.1) is 16.2 Å². The predicted molar refractivity (Wildman–Crippen MR) is 99.9 cm³/mol. The minimum Gasteiger partial charge on any atom is -0.340 e. The topological polar surface area (TPSA) is 23.6 Å². The van der Waals surface area contributed by atoms with Crippen LogP contribution in [0.5, 0.6) is 0 Å². The van der Waals surface area contributed by atoms with Crippen LogP contribution in [0.2, 0.25) is 0 Å². The Morgan fingerprint density at radius 3 is 1.58 bits per heavy atom. The smallest absolute Gasteiger partial charge is 0.228 e. The van der Waals surface area contributed by atoms with Crippen LogP contribution in [0.3, 0.4) is 0 Å². The number of hydrogen-bond acceptors (Lipinski definition) is 2. The second kappa shape index (κ2) is 5.72. The van der Waals surface area contributed by atoms with Crippen LogP contribution in [0.25, 0.3) is 0 Å². The monoisotopic (exact) mass is 334 g/mol. The van der Waals surface area contributed by atoms with Crippen molar-refractivity contribution in [2.24, 2.45) is 16.2 Å². The van der Waals surface area contributed by atoms with Gasteiger partial charge in [-0.05, 0) is 70.1 Å². The first kappa shape index (κ1) is 18.2. The van der Waals surface area contributed by atoms with Crippen LogP contribution in [-0.2, 0) is 4.79 Å². The van der Waals surface area contributed by atoms with E-state index >= 15 is 0 Å². The molecule has 0 aromatic heterocycles. The molecule has 3 heteroatoms. The number of hydrogen-bond donors (Lipinski definition) is 0. The fourth-order valence-electron chi connectivity index (χ4n) is 5.55. The molecule has 24 heavy (non-hydrogen) atoms. The molecule has 4 rings (SSSR count). The van der Waals surface area contributed by atoms with E-state index in [1.807, 2.05) is 0 Å². The number of rotatable bonds is 1. The normalized spacial score (nSPS) is 35.3. The third-order valence-corrected chi connectivity index (χ3v) is 7.81. The predicted octanol–water partition coefficient (Wildman–Crippen LogP) is 4.32. The van der Waals surface area contributed by atoms with Gasteiger partial charge >= 0.3 is 0 Å². The molecule has 0 radical (unpaired) electrons. The molecular formula is C21H38N2O. The zero-order valence-electron chi connectivity index (χ0n) is 16.9. The minimum absolute atomic E-state index is 0.0170. The molecule has 0 unspecified atom stereocenters. The average Bonchev–Trinajstić information content (AvgIpc) is 2.54. The van der Waals surface area contributed by atoms with E-state index in [0.717, 1.165) is 45.4 Å². The number of carbonyl (C=O) groups excluding carboxylic acids is 1. The summed E-state index contributed by atoms with van der Waals surface area (Å²) < 4.78 is 0. The van der Waals surface area contributed by atoms with E-state index in [9.17, 15) is 4.79 Å². The van der Waals surface area contributed by atoms with Crippen molar-refractivity contribution < 1.29 is 4.79 Å². The molecule has 1 aliphatic heterocycles. The lowest BCUT2D eigenvalue weighted by molar-refractivity contribution is -0.159. The van der Waals surface area contributed by atoms with Crippen LogP contribution >= 0.6 is 0 Å². The summed E-state index contributed by atoms with van der Waals surface area (Å²) in [5.41, 5.74) is 1.06. The lowest BCUT2D eigenvalue weighted by atomic mass is 9.46. The number of piperazine rings is 1. The summed E-state index contributed by atoms with van der Waals surface area (Å²) in [6.07, 6.45) is 7.15. The summed E-state index contributed by atoms with van der Waals surface area (Å²) in [7, 11) is 0. The second-order valence-electron chi connectivity index (χ2n) is 10.8. The van der Waals surface area contributed by atoms with Crippen molar-refractivity contribution in [2.45, 2.75) is 85.6 Å². The van der Waals surface area contributed by atoms with Crippen LogP contribution in [0.15, 0.2) is 0 Å². The zero-order valence-corrected chi connectivity index (χ0v) is 16.9. The van der Waals surface area contributed by atoms with E-state index in [0.29, 0.717) is 16.7 Å². The van der Waals surface area contributed by atoms with E-state index in [-0.39, 0.29) is 11.0 Å². The Morgan fingerprint density at radius 1 is 0.750 bits per heavy atom. The van der Waals surface area contributed by atoms with Gasteiger partial charge in [-0.3, -0.25) is 9.69 Å². The van der Waals surface area contributed by atoms with Gasteiger partial charge in [-0.25, -0.2) is 0 Å². The highest BCUT2D eigenvalue weighted by atomic mass is 16.2. The lowest BCUT2D eigenvalue weighted by Gasteiger charge is -2.59. The van der Waals surface area contributed by atoms with Gasteiger partial charge in [0.05, 0.1) is 0 Å². The largest absolute Gasteiger partial charge is 0.340 e. The van der Waals surface area contributed by atoms with E-state index in [2.05, 4.69) is 51.3 Å². The molecule has 0 aromatic rings. The van der Waals surface area contributed by atoms with Gasteiger partial charge in [0.1, 0.15) is 0 Å². The van der Waals surface area contributed by atoms with Crippen LogP contribution in [-0.4, -0.2) is 47.4 Å². The summed E-state index contributed by atoms with van der Waals surface area (Å²) in [5, 5.41) is 0. The van der Waals surface area contributed by atoms with E-state index < -0.39 is 0 Å². The lowest BCUT2D eigenvalue weighted by Crippen LogP contribution is -2.59. The first-order valence-electron chi connectivity index (χ1n) is 10.0. The minimum atomic E-state index is -0.0170. The fraction of sp³-hybridized carbons (Fsp3) is 0.952. The van der Waals surface area contributed by atoms with Gasteiger partial charge in [0, 0.05) is 37.1 Å². The molecule has 1 amide bonds. The zero-order chi connectivity index (χ0) is 17.8. The molecule has 4 fully saturated rings. The van der Waals surface area contributed by atoms with Gasteiger partial charge in [-0.15, -0.1) is 0 Å². The Kier molecular flexibility index (Phi) is 4.35. The molecule has 1 heterocycles. The SMILES string of the molecule is CC(C)(C)N1CCN(C(=O)C23CCC(C(C)(C)C)(CC2)CC3)CC1. The highest BCUT2D eigenvalue weighted by molar-refractivity contribution is 5.83. The molecule has 3 aliphatic carbocycles. The molecule has 0 N–H and O–H groups in total. The van der Waals surface area contributed by atoms with Crippen molar-refractivity contribution in [1.29, 1.82) is 0 Å². The van der Waals surface area contributed by atoms with Gasteiger partial charge in [-0.1, -0.05) is 20.8 Å². The standard InChI is InChI=1S/C21H38N2O/c1-18(2,3)21-10-7-20(8-11-21,9-12-21)17(24)22-13-15-23(16-14-22)19(4,5)6/h7-16H2,1-6H3. The maximum atomic E-state index is 13.3. The summed E-state index contributed by atoms with van der Waals surface area (Å²) in [6, 6.07) is 0. The molecule has 4 aliphatic rings.